The third-order valence-corrected chi connectivity index (χ3v) is 6.39. The van der Waals surface area contributed by atoms with Crippen LogP contribution in [0.4, 0.5) is 0 Å². The molecule has 2 aromatic carbocycles. The van der Waals surface area contributed by atoms with E-state index < -0.39 is 6.04 Å². The maximum absolute atomic E-state index is 13.0. The predicted molar refractivity (Wildman–Crippen MR) is 112 cm³/mol. The van der Waals surface area contributed by atoms with Gasteiger partial charge < -0.3 is 4.74 Å². The Morgan fingerprint density at radius 3 is 2.39 bits per heavy atom. The standard InChI is InChI=1S/C23H21NO3S/c1-15(16-9-5-3-6-10-16)18-13-20(25)24-19(23(26)27-2)14-28-22(24)21(18)17-11-7-4-8-12-17/h3-13,15,19H,14H2,1-2H3/t15?,19-/m0/s1. The molecule has 1 aliphatic rings. The number of esters is 1. The molecule has 4 rings (SSSR count). The second-order valence-electron chi connectivity index (χ2n) is 6.84. The lowest BCUT2D eigenvalue weighted by atomic mass is 9.88. The zero-order chi connectivity index (χ0) is 19.7. The Labute approximate surface area is 168 Å². The lowest BCUT2D eigenvalue weighted by molar-refractivity contribution is -0.143. The number of carbonyl (C=O) groups is 1. The first-order valence-electron chi connectivity index (χ1n) is 9.22. The van der Waals surface area contributed by atoms with E-state index in [0.29, 0.717) is 5.75 Å². The smallest absolute Gasteiger partial charge is 0.329 e. The highest BCUT2D eigenvalue weighted by atomic mass is 32.2. The number of nitrogens with zero attached hydrogens (tertiary/aromatic N) is 1. The van der Waals surface area contributed by atoms with Crippen molar-refractivity contribution < 1.29 is 9.53 Å². The number of ether oxygens (including phenoxy) is 1. The monoisotopic (exact) mass is 391 g/mol. The van der Waals surface area contributed by atoms with Crippen molar-refractivity contribution in [2.45, 2.75) is 23.9 Å². The highest BCUT2D eigenvalue weighted by Gasteiger charge is 2.34. The Bertz CT molecular complexity index is 1060. The molecule has 28 heavy (non-hydrogen) atoms. The summed E-state index contributed by atoms with van der Waals surface area (Å²) >= 11 is 1.54. The number of hydrogen-bond acceptors (Lipinski definition) is 4. The summed E-state index contributed by atoms with van der Waals surface area (Å²) in [6, 6.07) is 21.3. The van der Waals surface area contributed by atoms with Crippen LogP contribution in [0.2, 0.25) is 0 Å². The van der Waals surface area contributed by atoms with E-state index in [-0.39, 0.29) is 17.4 Å². The minimum Gasteiger partial charge on any atom is -0.467 e. The van der Waals surface area contributed by atoms with Gasteiger partial charge in [0.15, 0.2) is 0 Å². The molecule has 2 heterocycles. The molecule has 3 aromatic rings. The third-order valence-electron chi connectivity index (χ3n) is 5.23. The molecule has 0 radical (unpaired) electrons. The highest BCUT2D eigenvalue weighted by Crippen LogP contribution is 2.43. The van der Waals surface area contributed by atoms with Gasteiger partial charge in [-0.1, -0.05) is 67.6 Å². The van der Waals surface area contributed by atoms with Crippen LogP contribution in [0.25, 0.3) is 11.1 Å². The number of hydrogen-bond donors (Lipinski definition) is 0. The van der Waals surface area contributed by atoms with Crippen molar-refractivity contribution in [3.05, 3.63) is 88.2 Å². The van der Waals surface area contributed by atoms with Gasteiger partial charge in [-0.05, 0) is 16.7 Å². The van der Waals surface area contributed by atoms with E-state index in [1.165, 1.54) is 7.11 Å². The average Bonchev–Trinajstić information content (AvgIpc) is 3.19. The summed E-state index contributed by atoms with van der Waals surface area (Å²) < 4.78 is 6.52. The number of rotatable bonds is 4. The molecule has 5 heteroatoms. The van der Waals surface area contributed by atoms with Gasteiger partial charge in [-0.3, -0.25) is 9.36 Å². The van der Waals surface area contributed by atoms with Crippen LogP contribution in [0.1, 0.15) is 30.0 Å². The second-order valence-corrected chi connectivity index (χ2v) is 7.85. The summed E-state index contributed by atoms with van der Waals surface area (Å²) in [6.07, 6.45) is 0. The fourth-order valence-electron chi connectivity index (χ4n) is 3.76. The van der Waals surface area contributed by atoms with Gasteiger partial charge in [0.05, 0.1) is 12.1 Å². The summed E-state index contributed by atoms with van der Waals surface area (Å²) in [5, 5.41) is 0.840. The van der Waals surface area contributed by atoms with Crippen LogP contribution >= 0.6 is 11.8 Å². The molecule has 142 valence electrons. The molecule has 1 unspecified atom stereocenters. The number of benzene rings is 2. The first kappa shape index (κ1) is 18.6. The van der Waals surface area contributed by atoms with Gasteiger partial charge >= 0.3 is 5.97 Å². The summed E-state index contributed by atoms with van der Waals surface area (Å²) in [7, 11) is 1.36. The minimum atomic E-state index is -0.582. The Morgan fingerprint density at radius 1 is 1.11 bits per heavy atom. The SMILES string of the molecule is COC(=O)[C@@H]1CSc2c(-c3ccccc3)c(C(C)c3ccccc3)cc(=O)n21. The Balaban J connectivity index is 1.97. The molecule has 0 bridgehead atoms. The lowest BCUT2D eigenvalue weighted by Gasteiger charge is -2.21. The van der Waals surface area contributed by atoms with Gasteiger partial charge in [0, 0.05) is 23.3 Å². The van der Waals surface area contributed by atoms with E-state index in [9.17, 15) is 9.59 Å². The molecule has 0 amide bonds. The van der Waals surface area contributed by atoms with Crippen LogP contribution in [0.5, 0.6) is 0 Å². The van der Waals surface area contributed by atoms with Crippen molar-refractivity contribution in [2.75, 3.05) is 12.9 Å². The van der Waals surface area contributed by atoms with Crippen molar-refractivity contribution in [2.24, 2.45) is 0 Å². The van der Waals surface area contributed by atoms with E-state index in [1.807, 2.05) is 48.5 Å². The molecular weight excluding hydrogens is 370 g/mol. The van der Waals surface area contributed by atoms with E-state index in [4.69, 9.17) is 4.74 Å². The van der Waals surface area contributed by atoms with Crippen molar-refractivity contribution in [3.63, 3.8) is 0 Å². The molecule has 0 spiro atoms. The number of carbonyl (C=O) groups excluding carboxylic acids is 1. The average molecular weight is 391 g/mol. The molecule has 4 nitrogen and oxygen atoms in total. The second kappa shape index (κ2) is 7.68. The van der Waals surface area contributed by atoms with Gasteiger partial charge in [0.2, 0.25) is 0 Å². The topological polar surface area (TPSA) is 48.3 Å². The number of methoxy groups -OCH3 is 1. The molecule has 0 saturated heterocycles. The van der Waals surface area contributed by atoms with Crippen molar-refractivity contribution >= 4 is 17.7 Å². The van der Waals surface area contributed by atoms with Gasteiger partial charge in [-0.2, -0.15) is 0 Å². The predicted octanol–water partition coefficient (Wildman–Crippen LogP) is 4.49. The molecular formula is C23H21NO3S. The first-order valence-corrected chi connectivity index (χ1v) is 10.2. The summed E-state index contributed by atoms with van der Waals surface area (Å²) in [5.74, 6) is 0.175. The van der Waals surface area contributed by atoms with E-state index in [2.05, 4.69) is 19.1 Å². The number of pyridine rings is 1. The molecule has 0 aliphatic carbocycles. The zero-order valence-corrected chi connectivity index (χ0v) is 16.6. The van der Waals surface area contributed by atoms with Gasteiger partial charge in [0.1, 0.15) is 6.04 Å². The van der Waals surface area contributed by atoms with Crippen molar-refractivity contribution in [1.82, 2.24) is 4.57 Å². The summed E-state index contributed by atoms with van der Waals surface area (Å²) in [6.45, 7) is 2.12. The fourth-order valence-corrected chi connectivity index (χ4v) is 5.09. The molecule has 0 fully saturated rings. The molecule has 2 atom stereocenters. The largest absolute Gasteiger partial charge is 0.467 e. The minimum absolute atomic E-state index is 0.0489. The van der Waals surface area contributed by atoms with E-state index in [1.54, 1.807) is 22.4 Å². The Kier molecular flexibility index (Phi) is 5.09. The van der Waals surface area contributed by atoms with Crippen LogP contribution in [0.3, 0.4) is 0 Å². The molecule has 1 aromatic heterocycles. The normalized spacial score (nSPS) is 16.4. The van der Waals surface area contributed by atoms with E-state index in [0.717, 1.165) is 27.3 Å². The van der Waals surface area contributed by atoms with Gasteiger partial charge in [0.25, 0.3) is 5.56 Å². The van der Waals surface area contributed by atoms with Crippen LogP contribution < -0.4 is 5.56 Å². The van der Waals surface area contributed by atoms with Crippen molar-refractivity contribution in [3.8, 4) is 11.1 Å². The molecule has 0 saturated carbocycles. The van der Waals surface area contributed by atoms with Crippen molar-refractivity contribution in [1.29, 1.82) is 0 Å². The third kappa shape index (κ3) is 3.16. The van der Waals surface area contributed by atoms with Crippen LogP contribution in [-0.4, -0.2) is 23.4 Å². The number of aromatic nitrogens is 1. The molecule has 1 aliphatic heterocycles. The lowest BCUT2D eigenvalue weighted by Crippen LogP contribution is -2.30. The maximum Gasteiger partial charge on any atom is 0.329 e. The quantitative estimate of drug-likeness (QED) is 0.615. The first-order chi connectivity index (χ1) is 13.6. The van der Waals surface area contributed by atoms with Crippen LogP contribution in [-0.2, 0) is 9.53 Å². The van der Waals surface area contributed by atoms with E-state index >= 15 is 0 Å². The highest BCUT2D eigenvalue weighted by molar-refractivity contribution is 7.99. The number of fused-ring (bicyclic) bond motifs is 1. The van der Waals surface area contributed by atoms with Gasteiger partial charge in [-0.15, -0.1) is 11.8 Å². The summed E-state index contributed by atoms with van der Waals surface area (Å²) in [4.78, 5) is 25.2. The number of thioether (sulfide) groups is 1. The zero-order valence-electron chi connectivity index (χ0n) is 15.8. The fraction of sp³-hybridized carbons (Fsp3) is 0.217. The summed E-state index contributed by atoms with van der Waals surface area (Å²) in [5.41, 5.74) is 4.03. The Morgan fingerprint density at radius 2 is 1.75 bits per heavy atom. The van der Waals surface area contributed by atoms with Crippen LogP contribution in [0, 0.1) is 0 Å². The Hall–Kier alpha value is -2.79. The van der Waals surface area contributed by atoms with Crippen LogP contribution in [0.15, 0.2) is 76.6 Å². The maximum atomic E-state index is 13.0. The van der Waals surface area contributed by atoms with Gasteiger partial charge in [-0.25, -0.2) is 4.79 Å². The molecule has 0 N–H and O–H groups in total.